The van der Waals surface area contributed by atoms with Crippen molar-refractivity contribution in [3.63, 3.8) is 0 Å². The van der Waals surface area contributed by atoms with Crippen molar-refractivity contribution in [3.05, 3.63) is 33.9 Å². The van der Waals surface area contributed by atoms with E-state index in [0.29, 0.717) is 13.1 Å². The van der Waals surface area contributed by atoms with Crippen molar-refractivity contribution in [2.24, 2.45) is 0 Å². The number of likely N-dealkylation sites (tertiary alicyclic amines) is 1. The predicted octanol–water partition coefficient (Wildman–Crippen LogP) is 2.53. The smallest absolute Gasteiger partial charge is 0.322 e. The van der Waals surface area contributed by atoms with Crippen LogP contribution in [0.3, 0.4) is 0 Å². The molecule has 6 nitrogen and oxygen atoms in total. The standard InChI is InChI=1S/C12H15N3O3/c1-9-4-5-10(11(8-9)15(17)18)13-12(16)14-6-2-3-7-14/h4-5,8H,2-3,6-7H2,1H3,(H,13,16). The fourth-order valence-corrected chi connectivity index (χ4v) is 2.01. The molecule has 0 atom stereocenters. The number of rotatable bonds is 2. The molecule has 0 saturated carbocycles. The minimum absolute atomic E-state index is 0.0671. The van der Waals surface area contributed by atoms with Crippen molar-refractivity contribution in [2.45, 2.75) is 19.8 Å². The van der Waals surface area contributed by atoms with Gasteiger partial charge in [-0.2, -0.15) is 0 Å². The summed E-state index contributed by atoms with van der Waals surface area (Å²) in [4.78, 5) is 24.0. The second-order valence-corrected chi connectivity index (χ2v) is 4.40. The quantitative estimate of drug-likeness (QED) is 0.646. The normalized spacial score (nSPS) is 14.6. The zero-order chi connectivity index (χ0) is 13.1. The molecule has 1 heterocycles. The summed E-state index contributed by atoms with van der Waals surface area (Å²) < 4.78 is 0. The zero-order valence-corrected chi connectivity index (χ0v) is 10.2. The highest BCUT2D eigenvalue weighted by Gasteiger charge is 2.21. The number of nitrogens with one attached hydrogen (secondary N) is 1. The fraction of sp³-hybridized carbons (Fsp3) is 0.417. The summed E-state index contributed by atoms with van der Waals surface area (Å²) in [6.45, 7) is 3.20. The Morgan fingerprint density at radius 3 is 2.67 bits per heavy atom. The number of hydrogen-bond donors (Lipinski definition) is 1. The molecule has 1 aromatic rings. The summed E-state index contributed by atoms with van der Waals surface area (Å²) in [6.07, 6.45) is 1.98. The summed E-state index contributed by atoms with van der Waals surface area (Å²) in [5.74, 6) is 0. The number of hydrogen-bond acceptors (Lipinski definition) is 3. The van der Waals surface area contributed by atoms with Crippen LogP contribution >= 0.6 is 0 Å². The monoisotopic (exact) mass is 249 g/mol. The number of nitrogens with zero attached hydrogens (tertiary/aromatic N) is 2. The van der Waals surface area contributed by atoms with Gasteiger partial charge in [0, 0.05) is 19.2 Å². The highest BCUT2D eigenvalue weighted by Crippen LogP contribution is 2.25. The van der Waals surface area contributed by atoms with Crippen LogP contribution in [0.5, 0.6) is 0 Å². The Morgan fingerprint density at radius 2 is 2.06 bits per heavy atom. The Kier molecular flexibility index (Phi) is 3.45. The Morgan fingerprint density at radius 1 is 1.39 bits per heavy atom. The number of nitro groups is 1. The van der Waals surface area contributed by atoms with Crippen LogP contribution in [0.1, 0.15) is 18.4 Å². The van der Waals surface area contributed by atoms with E-state index in [4.69, 9.17) is 0 Å². The lowest BCUT2D eigenvalue weighted by molar-refractivity contribution is -0.384. The van der Waals surface area contributed by atoms with Gasteiger partial charge in [-0.25, -0.2) is 4.79 Å². The zero-order valence-electron chi connectivity index (χ0n) is 10.2. The third-order valence-corrected chi connectivity index (χ3v) is 2.98. The Bertz CT molecular complexity index is 481. The Balaban J connectivity index is 2.17. The van der Waals surface area contributed by atoms with E-state index in [1.807, 2.05) is 0 Å². The van der Waals surface area contributed by atoms with Gasteiger partial charge in [-0.1, -0.05) is 6.07 Å². The van der Waals surface area contributed by atoms with Crippen molar-refractivity contribution >= 4 is 17.4 Å². The van der Waals surface area contributed by atoms with Crippen LogP contribution < -0.4 is 5.32 Å². The number of carbonyl (C=O) groups is 1. The molecule has 0 bridgehead atoms. The highest BCUT2D eigenvalue weighted by molar-refractivity contribution is 5.92. The van der Waals surface area contributed by atoms with Crippen LogP contribution in [0.15, 0.2) is 18.2 Å². The van der Waals surface area contributed by atoms with Crippen LogP contribution in [-0.2, 0) is 0 Å². The summed E-state index contributed by atoms with van der Waals surface area (Å²) >= 11 is 0. The molecule has 0 radical (unpaired) electrons. The van der Waals surface area contributed by atoms with Gasteiger partial charge in [-0.3, -0.25) is 10.1 Å². The van der Waals surface area contributed by atoms with Gasteiger partial charge in [0.25, 0.3) is 5.69 Å². The number of urea groups is 1. The van der Waals surface area contributed by atoms with Crippen molar-refractivity contribution in [3.8, 4) is 0 Å². The lowest BCUT2D eigenvalue weighted by Gasteiger charge is -2.16. The van der Waals surface area contributed by atoms with E-state index in [0.717, 1.165) is 18.4 Å². The van der Waals surface area contributed by atoms with Crippen LogP contribution in [-0.4, -0.2) is 28.9 Å². The van der Waals surface area contributed by atoms with Gasteiger partial charge in [0.2, 0.25) is 0 Å². The molecule has 0 spiro atoms. The number of benzene rings is 1. The molecule has 2 rings (SSSR count). The molecule has 1 aromatic carbocycles. The summed E-state index contributed by atoms with van der Waals surface area (Å²) in [7, 11) is 0. The van der Waals surface area contributed by atoms with E-state index in [1.165, 1.54) is 6.07 Å². The molecular formula is C12H15N3O3. The predicted molar refractivity (Wildman–Crippen MR) is 67.7 cm³/mol. The molecule has 0 unspecified atom stereocenters. The molecule has 0 aliphatic carbocycles. The molecule has 2 amide bonds. The summed E-state index contributed by atoms with van der Waals surface area (Å²) in [5.41, 5.74) is 0.978. The van der Waals surface area contributed by atoms with Gasteiger partial charge in [-0.15, -0.1) is 0 Å². The van der Waals surface area contributed by atoms with E-state index < -0.39 is 4.92 Å². The number of nitro benzene ring substituents is 1. The van der Waals surface area contributed by atoms with Gasteiger partial charge in [0.05, 0.1) is 4.92 Å². The minimum atomic E-state index is -0.480. The van der Waals surface area contributed by atoms with E-state index in [2.05, 4.69) is 5.32 Å². The van der Waals surface area contributed by atoms with E-state index >= 15 is 0 Å². The number of amides is 2. The highest BCUT2D eigenvalue weighted by atomic mass is 16.6. The maximum Gasteiger partial charge on any atom is 0.322 e. The second kappa shape index (κ2) is 5.03. The average Bonchev–Trinajstić information content (AvgIpc) is 2.84. The number of aryl methyl sites for hydroxylation is 1. The topological polar surface area (TPSA) is 75.5 Å². The van der Waals surface area contributed by atoms with Gasteiger partial charge >= 0.3 is 6.03 Å². The van der Waals surface area contributed by atoms with Crippen LogP contribution in [0.25, 0.3) is 0 Å². The first-order chi connectivity index (χ1) is 8.58. The molecule has 18 heavy (non-hydrogen) atoms. The molecule has 1 aliphatic rings. The average molecular weight is 249 g/mol. The van der Waals surface area contributed by atoms with Crippen LogP contribution in [0, 0.1) is 17.0 Å². The molecule has 0 aromatic heterocycles. The van der Waals surface area contributed by atoms with Gasteiger partial charge in [0.1, 0.15) is 5.69 Å². The molecule has 96 valence electrons. The third kappa shape index (κ3) is 2.58. The van der Waals surface area contributed by atoms with Crippen molar-refractivity contribution in [1.82, 2.24) is 4.90 Å². The third-order valence-electron chi connectivity index (χ3n) is 2.98. The maximum atomic E-state index is 11.9. The molecule has 1 fully saturated rings. The molecule has 1 aliphatic heterocycles. The Labute approximate surface area is 105 Å². The lowest BCUT2D eigenvalue weighted by atomic mass is 10.2. The number of anilines is 1. The van der Waals surface area contributed by atoms with Crippen molar-refractivity contribution in [1.29, 1.82) is 0 Å². The van der Waals surface area contributed by atoms with Gasteiger partial charge in [-0.05, 0) is 31.4 Å². The van der Waals surface area contributed by atoms with E-state index in [-0.39, 0.29) is 17.4 Å². The first kappa shape index (κ1) is 12.3. The molecular weight excluding hydrogens is 234 g/mol. The SMILES string of the molecule is Cc1ccc(NC(=O)N2CCCC2)c([N+](=O)[O-])c1. The van der Waals surface area contributed by atoms with Gasteiger partial charge < -0.3 is 10.2 Å². The minimum Gasteiger partial charge on any atom is -0.325 e. The summed E-state index contributed by atoms with van der Waals surface area (Å²) in [6, 6.07) is 4.51. The second-order valence-electron chi connectivity index (χ2n) is 4.40. The molecule has 6 heteroatoms. The van der Waals surface area contributed by atoms with E-state index in [1.54, 1.807) is 24.0 Å². The first-order valence-electron chi connectivity index (χ1n) is 5.89. The van der Waals surface area contributed by atoms with Crippen molar-refractivity contribution in [2.75, 3.05) is 18.4 Å². The summed E-state index contributed by atoms with van der Waals surface area (Å²) in [5, 5.41) is 13.5. The van der Waals surface area contributed by atoms with Crippen LogP contribution in [0.4, 0.5) is 16.2 Å². The fourth-order valence-electron chi connectivity index (χ4n) is 2.01. The van der Waals surface area contributed by atoms with Gasteiger partial charge in [0.15, 0.2) is 0 Å². The number of carbonyl (C=O) groups excluding carboxylic acids is 1. The maximum absolute atomic E-state index is 11.9. The molecule has 1 N–H and O–H groups in total. The first-order valence-corrected chi connectivity index (χ1v) is 5.89. The molecule has 1 saturated heterocycles. The Hall–Kier alpha value is -2.11. The van der Waals surface area contributed by atoms with Crippen molar-refractivity contribution < 1.29 is 9.72 Å². The largest absolute Gasteiger partial charge is 0.325 e. The van der Waals surface area contributed by atoms with E-state index in [9.17, 15) is 14.9 Å². The van der Waals surface area contributed by atoms with Crippen LogP contribution in [0.2, 0.25) is 0 Å². The lowest BCUT2D eigenvalue weighted by Crippen LogP contribution is -2.32.